The summed E-state index contributed by atoms with van der Waals surface area (Å²) in [4.78, 5) is 28.3. The Balaban J connectivity index is 1.75. The zero-order chi connectivity index (χ0) is 26.8. The molecule has 3 aromatic carbocycles. The summed E-state index contributed by atoms with van der Waals surface area (Å²) in [6.45, 7) is 1.69. The molecule has 3 N–H and O–H groups in total. The van der Waals surface area contributed by atoms with Gasteiger partial charge in [-0.25, -0.2) is 0 Å². The summed E-state index contributed by atoms with van der Waals surface area (Å²) in [5, 5.41) is 32.1. The van der Waals surface area contributed by atoms with Crippen molar-refractivity contribution in [2.45, 2.75) is 12.3 Å². The predicted molar refractivity (Wildman–Crippen MR) is 140 cm³/mol. The van der Waals surface area contributed by atoms with Crippen molar-refractivity contribution in [3.05, 3.63) is 82.0 Å². The Kier molecular flexibility index (Phi) is 6.93. The lowest BCUT2D eigenvalue weighted by atomic mass is 9.85. The monoisotopic (exact) mass is 517 g/mol. The van der Waals surface area contributed by atoms with Crippen LogP contribution in [-0.2, 0) is 9.53 Å². The average molecular weight is 518 g/mol. The number of aromatic hydroxyl groups is 3. The number of phenols is 3. The van der Waals surface area contributed by atoms with Crippen LogP contribution in [0.15, 0.2) is 69.9 Å². The van der Waals surface area contributed by atoms with Crippen LogP contribution >= 0.6 is 0 Å². The molecule has 9 heteroatoms. The van der Waals surface area contributed by atoms with E-state index in [2.05, 4.69) is 0 Å². The number of rotatable bonds is 6. The fraction of sp³-hybridized carbons (Fsp3) is 0.241. The number of hydrogen-bond donors (Lipinski definition) is 3. The van der Waals surface area contributed by atoms with Gasteiger partial charge < -0.3 is 34.1 Å². The largest absolute Gasteiger partial charge is 0.504 e. The minimum absolute atomic E-state index is 0.0250. The van der Waals surface area contributed by atoms with Gasteiger partial charge in [0.05, 0.1) is 20.3 Å². The second kappa shape index (κ2) is 10.5. The van der Waals surface area contributed by atoms with E-state index < -0.39 is 28.6 Å². The SMILES string of the molecule is COc1ccc(C(CC(=O)N2CCOCC2)c2c(O)c(O)c(O)c3c(=O)cc(-c4ccccc4)oc23)cc1. The number of nitrogens with zero attached hydrogens (tertiary/aromatic N) is 1. The van der Waals surface area contributed by atoms with Crippen molar-refractivity contribution >= 4 is 16.9 Å². The molecule has 5 rings (SSSR count). The van der Waals surface area contributed by atoms with Crippen molar-refractivity contribution in [2.75, 3.05) is 33.4 Å². The number of carbonyl (C=O) groups is 1. The molecular weight excluding hydrogens is 490 g/mol. The topological polar surface area (TPSA) is 130 Å². The number of methoxy groups -OCH3 is 1. The number of benzene rings is 3. The van der Waals surface area contributed by atoms with Crippen molar-refractivity contribution < 1.29 is 34.0 Å². The van der Waals surface area contributed by atoms with E-state index in [0.29, 0.717) is 43.2 Å². The molecule has 0 saturated carbocycles. The van der Waals surface area contributed by atoms with E-state index in [9.17, 15) is 24.9 Å². The van der Waals surface area contributed by atoms with Gasteiger partial charge in [0.25, 0.3) is 0 Å². The summed E-state index contributed by atoms with van der Waals surface area (Å²) in [7, 11) is 1.53. The summed E-state index contributed by atoms with van der Waals surface area (Å²) < 4.78 is 16.8. The summed E-state index contributed by atoms with van der Waals surface area (Å²) >= 11 is 0. The Hall–Kier alpha value is -4.50. The number of fused-ring (bicyclic) bond motifs is 1. The van der Waals surface area contributed by atoms with Gasteiger partial charge in [0.1, 0.15) is 22.5 Å². The van der Waals surface area contributed by atoms with Crippen molar-refractivity contribution in [3.8, 4) is 34.3 Å². The quantitative estimate of drug-likeness (QED) is 0.328. The smallest absolute Gasteiger partial charge is 0.223 e. The van der Waals surface area contributed by atoms with Gasteiger partial charge in [-0.1, -0.05) is 42.5 Å². The van der Waals surface area contributed by atoms with E-state index in [4.69, 9.17) is 13.9 Å². The first-order valence-electron chi connectivity index (χ1n) is 12.2. The number of hydrogen-bond acceptors (Lipinski definition) is 8. The lowest BCUT2D eigenvalue weighted by Gasteiger charge is -2.29. The van der Waals surface area contributed by atoms with Gasteiger partial charge in [-0.3, -0.25) is 9.59 Å². The van der Waals surface area contributed by atoms with Crippen LogP contribution in [0, 0.1) is 0 Å². The predicted octanol–water partition coefficient (Wildman–Crippen LogP) is 3.97. The molecule has 4 aromatic rings. The molecule has 1 aliphatic rings. The van der Waals surface area contributed by atoms with Crippen molar-refractivity contribution in [3.63, 3.8) is 0 Å². The van der Waals surface area contributed by atoms with Crippen molar-refractivity contribution in [2.24, 2.45) is 0 Å². The molecule has 1 atom stereocenters. The number of morpholine rings is 1. The molecule has 1 aliphatic heterocycles. The van der Waals surface area contributed by atoms with Crippen molar-refractivity contribution in [1.82, 2.24) is 4.90 Å². The second-order valence-electron chi connectivity index (χ2n) is 9.03. The molecule has 0 spiro atoms. The molecule has 1 aromatic heterocycles. The third kappa shape index (κ3) is 4.64. The molecule has 38 heavy (non-hydrogen) atoms. The van der Waals surface area contributed by atoms with Crippen LogP contribution in [0.2, 0.25) is 0 Å². The molecule has 9 nitrogen and oxygen atoms in total. The molecule has 2 heterocycles. The van der Waals surface area contributed by atoms with Gasteiger partial charge in [0.2, 0.25) is 11.7 Å². The number of ether oxygens (including phenoxy) is 2. The summed E-state index contributed by atoms with van der Waals surface area (Å²) in [5.74, 6) is -2.55. The summed E-state index contributed by atoms with van der Waals surface area (Å²) in [6, 6.07) is 17.0. The van der Waals surface area contributed by atoms with E-state index in [0.717, 1.165) is 0 Å². The molecule has 1 amide bonds. The van der Waals surface area contributed by atoms with Gasteiger partial charge >= 0.3 is 0 Å². The normalized spacial score (nSPS) is 14.4. The van der Waals surface area contributed by atoms with E-state index in [1.807, 2.05) is 6.07 Å². The Morgan fingerprint density at radius 1 is 0.974 bits per heavy atom. The standard InChI is InChI=1S/C29H27NO8/c1-36-19-9-7-17(8-10-19)20(15-23(32)30-11-13-37-14-12-30)24-26(33)28(35)27(34)25-21(31)16-22(38-29(24)25)18-5-3-2-4-6-18/h2-10,16,20,33-35H,11-15H2,1H3. The zero-order valence-corrected chi connectivity index (χ0v) is 20.7. The molecule has 196 valence electrons. The molecule has 1 fully saturated rings. The second-order valence-corrected chi connectivity index (χ2v) is 9.03. The van der Waals surface area contributed by atoms with Crippen LogP contribution < -0.4 is 10.2 Å². The fourth-order valence-electron chi connectivity index (χ4n) is 4.78. The van der Waals surface area contributed by atoms with E-state index in [-0.39, 0.29) is 34.6 Å². The first kappa shape index (κ1) is 25.2. The van der Waals surface area contributed by atoms with Crippen molar-refractivity contribution in [1.29, 1.82) is 0 Å². The molecular formula is C29H27NO8. The Morgan fingerprint density at radius 3 is 2.32 bits per heavy atom. The third-order valence-electron chi connectivity index (χ3n) is 6.80. The van der Waals surface area contributed by atoms with Crippen LogP contribution in [-0.4, -0.2) is 59.5 Å². The summed E-state index contributed by atoms with van der Waals surface area (Å²) in [5.41, 5.74) is 0.528. The van der Waals surface area contributed by atoms with E-state index in [1.165, 1.54) is 13.2 Å². The third-order valence-corrected chi connectivity index (χ3v) is 6.80. The minimum Gasteiger partial charge on any atom is -0.504 e. The van der Waals surface area contributed by atoms with Gasteiger partial charge in [0, 0.05) is 42.6 Å². The van der Waals surface area contributed by atoms with Gasteiger partial charge in [-0.15, -0.1) is 0 Å². The molecule has 1 saturated heterocycles. The first-order chi connectivity index (χ1) is 18.4. The Morgan fingerprint density at radius 2 is 1.66 bits per heavy atom. The fourth-order valence-corrected chi connectivity index (χ4v) is 4.78. The van der Waals surface area contributed by atoms with Gasteiger partial charge in [0.15, 0.2) is 16.9 Å². The maximum Gasteiger partial charge on any atom is 0.223 e. The molecule has 1 unspecified atom stereocenters. The lowest BCUT2D eigenvalue weighted by molar-refractivity contribution is -0.135. The van der Waals surface area contributed by atoms with Crippen LogP contribution in [0.5, 0.6) is 23.0 Å². The maximum absolute atomic E-state index is 13.4. The average Bonchev–Trinajstić information content (AvgIpc) is 2.96. The van der Waals surface area contributed by atoms with Crippen LogP contribution in [0.1, 0.15) is 23.5 Å². The molecule has 0 bridgehead atoms. The van der Waals surface area contributed by atoms with Gasteiger partial charge in [-0.2, -0.15) is 0 Å². The Labute approximate surface area is 218 Å². The maximum atomic E-state index is 13.4. The highest BCUT2D eigenvalue weighted by molar-refractivity contribution is 5.94. The highest BCUT2D eigenvalue weighted by atomic mass is 16.5. The Bertz CT molecular complexity index is 1520. The van der Waals surface area contributed by atoms with Gasteiger partial charge in [-0.05, 0) is 17.7 Å². The van der Waals surface area contributed by atoms with Crippen LogP contribution in [0.25, 0.3) is 22.3 Å². The minimum atomic E-state index is -0.857. The first-order valence-corrected chi connectivity index (χ1v) is 12.2. The van der Waals surface area contributed by atoms with Crippen LogP contribution in [0.3, 0.4) is 0 Å². The zero-order valence-electron chi connectivity index (χ0n) is 20.7. The lowest BCUT2D eigenvalue weighted by Crippen LogP contribution is -2.41. The van der Waals surface area contributed by atoms with E-state index in [1.54, 1.807) is 53.4 Å². The van der Waals surface area contributed by atoms with E-state index >= 15 is 0 Å². The highest BCUT2D eigenvalue weighted by Crippen LogP contribution is 2.49. The van der Waals surface area contributed by atoms with Crippen LogP contribution in [0.4, 0.5) is 0 Å². The number of carbonyl (C=O) groups excluding carboxylic acids is 1. The highest BCUT2D eigenvalue weighted by Gasteiger charge is 2.32. The summed E-state index contributed by atoms with van der Waals surface area (Å²) in [6.07, 6.45) is -0.0987. The number of phenolic OH excluding ortho intramolecular Hbond substituents is 3. The molecule has 0 aliphatic carbocycles. The number of amides is 1. The molecule has 0 radical (unpaired) electrons.